The van der Waals surface area contributed by atoms with Crippen molar-refractivity contribution >= 4 is 17.4 Å². The van der Waals surface area contributed by atoms with Gasteiger partial charge in [0.05, 0.1) is 0 Å². The van der Waals surface area contributed by atoms with Gasteiger partial charge in [0.1, 0.15) is 6.33 Å². The number of aryl methyl sites for hydroxylation is 1. The predicted octanol–water partition coefficient (Wildman–Crippen LogP) is 4.00. The molecule has 1 N–H and O–H groups in total. The standard InChI is InChI=1S/C17H24N4S/c1-12-5-6-14-13(2)10-17(3,4)21(15(14)9-12)7-8-22-16-18-11-19-20-16/h5-6,9,11,13H,7-8,10H2,1-4H3,(H,18,19,20). The summed E-state index contributed by atoms with van der Waals surface area (Å²) >= 11 is 1.73. The molecule has 3 rings (SSSR count). The highest BCUT2D eigenvalue weighted by Gasteiger charge is 2.35. The molecule has 22 heavy (non-hydrogen) atoms. The van der Waals surface area contributed by atoms with Crippen LogP contribution in [0.25, 0.3) is 0 Å². The van der Waals surface area contributed by atoms with E-state index in [9.17, 15) is 0 Å². The average Bonchev–Trinajstić information content (AvgIpc) is 2.94. The quantitative estimate of drug-likeness (QED) is 0.866. The lowest BCUT2D eigenvalue weighted by atomic mass is 9.80. The zero-order valence-electron chi connectivity index (χ0n) is 13.8. The van der Waals surface area contributed by atoms with Crippen LogP contribution in [0.15, 0.2) is 29.7 Å². The Hall–Kier alpha value is -1.49. The van der Waals surface area contributed by atoms with E-state index < -0.39 is 0 Å². The minimum absolute atomic E-state index is 0.183. The molecule has 4 nitrogen and oxygen atoms in total. The van der Waals surface area contributed by atoms with Crippen LogP contribution in [0.2, 0.25) is 0 Å². The molecule has 1 aliphatic rings. The summed E-state index contributed by atoms with van der Waals surface area (Å²) in [6.45, 7) is 10.2. The Bertz CT molecular complexity index is 636. The summed E-state index contributed by atoms with van der Waals surface area (Å²) in [6, 6.07) is 6.88. The Morgan fingerprint density at radius 2 is 2.23 bits per heavy atom. The molecule has 1 atom stereocenters. The van der Waals surface area contributed by atoms with Crippen LogP contribution in [0.3, 0.4) is 0 Å². The summed E-state index contributed by atoms with van der Waals surface area (Å²) in [6.07, 6.45) is 2.75. The highest BCUT2D eigenvalue weighted by atomic mass is 32.2. The minimum atomic E-state index is 0.183. The molecule has 2 heterocycles. The molecule has 2 aromatic rings. The van der Waals surface area contributed by atoms with E-state index >= 15 is 0 Å². The summed E-state index contributed by atoms with van der Waals surface area (Å²) in [7, 11) is 0. The highest BCUT2D eigenvalue weighted by Crippen LogP contribution is 2.43. The number of thioether (sulfide) groups is 1. The number of aromatic amines is 1. The zero-order valence-corrected chi connectivity index (χ0v) is 14.6. The Morgan fingerprint density at radius 3 is 2.95 bits per heavy atom. The lowest BCUT2D eigenvalue weighted by Gasteiger charge is -2.47. The monoisotopic (exact) mass is 316 g/mol. The van der Waals surface area contributed by atoms with E-state index in [-0.39, 0.29) is 5.54 Å². The second-order valence-corrected chi connectivity index (χ2v) is 7.85. The van der Waals surface area contributed by atoms with Gasteiger partial charge in [-0.3, -0.25) is 5.10 Å². The molecule has 118 valence electrons. The van der Waals surface area contributed by atoms with Crippen molar-refractivity contribution in [2.75, 3.05) is 17.2 Å². The highest BCUT2D eigenvalue weighted by molar-refractivity contribution is 7.99. The fourth-order valence-electron chi connectivity index (χ4n) is 3.52. The van der Waals surface area contributed by atoms with Crippen molar-refractivity contribution in [3.63, 3.8) is 0 Å². The van der Waals surface area contributed by atoms with Crippen LogP contribution in [0.4, 0.5) is 5.69 Å². The van der Waals surface area contributed by atoms with E-state index in [1.807, 2.05) is 0 Å². The van der Waals surface area contributed by atoms with Crippen molar-refractivity contribution in [3.05, 3.63) is 35.7 Å². The van der Waals surface area contributed by atoms with Crippen molar-refractivity contribution in [3.8, 4) is 0 Å². The van der Waals surface area contributed by atoms with E-state index in [1.165, 1.54) is 23.2 Å². The van der Waals surface area contributed by atoms with Crippen molar-refractivity contribution < 1.29 is 0 Å². The van der Waals surface area contributed by atoms with E-state index in [4.69, 9.17) is 0 Å². The first-order valence-corrected chi connectivity index (χ1v) is 8.82. The first kappa shape index (κ1) is 15.4. The Kier molecular flexibility index (Phi) is 4.17. The van der Waals surface area contributed by atoms with Crippen molar-refractivity contribution in [1.82, 2.24) is 15.2 Å². The first-order valence-electron chi connectivity index (χ1n) is 7.84. The molecular formula is C17H24N4S. The Morgan fingerprint density at radius 1 is 1.41 bits per heavy atom. The number of rotatable bonds is 4. The lowest BCUT2D eigenvalue weighted by Crippen LogP contribution is -2.49. The van der Waals surface area contributed by atoms with Gasteiger partial charge in [0.15, 0.2) is 5.16 Å². The van der Waals surface area contributed by atoms with Crippen molar-refractivity contribution in [2.45, 2.75) is 50.7 Å². The molecule has 1 aromatic carbocycles. The molecule has 1 unspecified atom stereocenters. The lowest BCUT2D eigenvalue weighted by molar-refractivity contribution is 0.382. The fraction of sp³-hybridized carbons (Fsp3) is 0.529. The molecular weight excluding hydrogens is 292 g/mol. The van der Waals surface area contributed by atoms with Crippen LogP contribution >= 0.6 is 11.8 Å². The minimum Gasteiger partial charge on any atom is -0.365 e. The summed E-state index contributed by atoms with van der Waals surface area (Å²) in [5.74, 6) is 1.61. The number of benzene rings is 1. The van der Waals surface area contributed by atoms with Gasteiger partial charge in [0, 0.05) is 23.5 Å². The van der Waals surface area contributed by atoms with Gasteiger partial charge < -0.3 is 4.90 Å². The van der Waals surface area contributed by atoms with Gasteiger partial charge in [-0.05, 0) is 50.3 Å². The SMILES string of the molecule is Cc1ccc2c(c1)N(CCSc1ncn[nH]1)C(C)(C)CC2C. The molecule has 0 bridgehead atoms. The maximum Gasteiger partial charge on any atom is 0.183 e. The summed E-state index contributed by atoms with van der Waals surface area (Å²) in [4.78, 5) is 6.75. The number of hydrogen-bond acceptors (Lipinski definition) is 4. The third-order valence-corrected chi connectivity index (χ3v) is 5.35. The topological polar surface area (TPSA) is 44.8 Å². The number of fused-ring (bicyclic) bond motifs is 1. The largest absolute Gasteiger partial charge is 0.365 e. The number of hydrogen-bond donors (Lipinski definition) is 1. The van der Waals surface area contributed by atoms with Crippen LogP contribution in [-0.4, -0.2) is 33.0 Å². The molecule has 0 radical (unpaired) electrons. The van der Waals surface area contributed by atoms with Crippen LogP contribution < -0.4 is 4.90 Å². The number of nitrogens with one attached hydrogen (secondary N) is 1. The zero-order chi connectivity index (χ0) is 15.7. The van der Waals surface area contributed by atoms with Gasteiger partial charge in [-0.25, -0.2) is 4.98 Å². The Labute approximate surface area is 136 Å². The first-order chi connectivity index (χ1) is 10.5. The molecule has 0 saturated heterocycles. The van der Waals surface area contributed by atoms with Crippen molar-refractivity contribution in [2.24, 2.45) is 0 Å². The maximum atomic E-state index is 4.18. The van der Waals surface area contributed by atoms with Crippen LogP contribution in [0.5, 0.6) is 0 Å². The molecule has 0 aliphatic carbocycles. The number of H-pyrrole nitrogens is 1. The molecule has 0 saturated carbocycles. The second-order valence-electron chi connectivity index (χ2n) is 6.77. The van der Waals surface area contributed by atoms with Crippen LogP contribution in [0.1, 0.15) is 44.2 Å². The normalized spacial score (nSPS) is 20.0. The fourth-order valence-corrected chi connectivity index (χ4v) is 4.23. The second kappa shape index (κ2) is 5.95. The molecule has 1 aromatic heterocycles. The van der Waals surface area contributed by atoms with Gasteiger partial charge in [-0.1, -0.05) is 30.8 Å². The van der Waals surface area contributed by atoms with Gasteiger partial charge in [0.25, 0.3) is 0 Å². The average molecular weight is 316 g/mol. The summed E-state index contributed by atoms with van der Waals surface area (Å²) in [5, 5.41) is 7.71. The number of anilines is 1. The summed E-state index contributed by atoms with van der Waals surface area (Å²) < 4.78 is 0. The molecule has 0 amide bonds. The summed E-state index contributed by atoms with van der Waals surface area (Å²) in [5.41, 5.74) is 4.40. The van der Waals surface area contributed by atoms with Gasteiger partial charge in [-0.15, -0.1) is 0 Å². The predicted molar refractivity (Wildman–Crippen MR) is 92.7 cm³/mol. The Balaban J connectivity index is 1.81. The van der Waals surface area contributed by atoms with Crippen LogP contribution in [0, 0.1) is 6.92 Å². The number of aromatic nitrogens is 3. The third kappa shape index (κ3) is 3.00. The van der Waals surface area contributed by atoms with Crippen molar-refractivity contribution in [1.29, 1.82) is 0 Å². The van der Waals surface area contributed by atoms with E-state index in [0.29, 0.717) is 5.92 Å². The van der Waals surface area contributed by atoms with E-state index in [0.717, 1.165) is 17.5 Å². The van der Waals surface area contributed by atoms with Crippen LogP contribution in [-0.2, 0) is 0 Å². The van der Waals surface area contributed by atoms with E-state index in [1.54, 1.807) is 18.1 Å². The maximum absolute atomic E-state index is 4.18. The molecule has 1 aliphatic heterocycles. The van der Waals surface area contributed by atoms with Gasteiger partial charge >= 0.3 is 0 Å². The van der Waals surface area contributed by atoms with E-state index in [2.05, 4.69) is 66.0 Å². The molecule has 0 fully saturated rings. The molecule has 0 spiro atoms. The third-order valence-electron chi connectivity index (χ3n) is 4.49. The molecule has 5 heteroatoms. The van der Waals surface area contributed by atoms with Gasteiger partial charge in [0.2, 0.25) is 0 Å². The number of nitrogens with zero attached hydrogens (tertiary/aromatic N) is 3. The smallest absolute Gasteiger partial charge is 0.183 e. The van der Waals surface area contributed by atoms with Gasteiger partial charge in [-0.2, -0.15) is 5.10 Å².